The van der Waals surface area contributed by atoms with Crippen LogP contribution in [0.15, 0.2) is 71.6 Å². The van der Waals surface area contributed by atoms with Crippen LogP contribution < -0.4 is 10.0 Å². The van der Waals surface area contributed by atoms with Crippen molar-refractivity contribution in [2.45, 2.75) is 37.6 Å². The normalized spacial score (nSPS) is 11.8. The van der Waals surface area contributed by atoms with E-state index in [0.717, 1.165) is 0 Å². The van der Waals surface area contributed by atoms with Crippen molar-refractivity contribution >= 4 is 32.7 Å². The smallest absolute Gasteiger partial charge is 0.241 e. The Hall–Kier alpha value is -4.00. The summed E-state index contributed by atoms with van der Waals surface area (Å²) in [5.41, 5.74) is 3.15. The van der Waals surface area contributed by atoms with Gasteiger partial charge < -0.3 is 10.3 Å². The van der Waals surface area contributed by atoms with Crippen molar-refractivity contribution in [3.63, 3.8) is 0 Å². The van der Waals surface area contributed by atoms with E-state index in [2.05, 4.69) is 26.1 Å². The zero-order valence-electron chi connectivity index (χ0n) is 19.6. The number of benzene rings is 3. The SMILES string of the molecule is CC(C)(C)NS(=O)(=O)c1ccccc1-c1ccc(NC(=O)Cc2nc3ccc(C#N)cc3[nH]2)cc1. The maximum atomic E-state index is 12.9. The molecule has 0 bridgehead atoms. The van der Waals surface area contributed by atoms with E-state index in [-0.39, 0.29) is 17.2 Å². The van der Waals surface area contributed by atoms with E-state index in [9.17, 15) is 13.2 Å². The van der Waals surface area contributed by atoms with Crippen LogP contribution in [0.4, 0.5) is 5.69 Å². The van der Waals surface area contributed by atoms with Crippen LogP contribution in [-0.4, -0.2) is 29.8 Å². The number of imidazole rings is 1. The molecule has 0 spiro atoms. The van der Waals surface area contributed by atoms with Crippen LogP contribution in [0.25, 0.3) is 22.2 Å². The minimum atomic E-state index is -3.72. The fourth-order valence-electron chi connectivity index (χ4n) is 3.70. The third-order valence-corrected chi connectivity index (χ3v) is 6.90. The number of hydrogen-bond donors (Lipinski definition) is 3. The number of sulfonamides is 1. The van der Waals surface area contributed by atoms with E-state index < -0.39 is 15.6 Å². The molecule has 1 aromatic heterocycles. The number of carbonyl (C=O) groups is 1. The average Bonchev–Trinajstić information content (AvgIpc) is 3.19. The lowest BCUT2D eigenvalue weighted by atomic mass is 10.1. The number of aromatic nitrogens is 2. The van der Waals surface area contributed by atoms with E-state index >= 15 is 0 Å². The van der Waals surface area contributed by atoms with Gasteiger partial charge in [-0.05, 0) is 62.7 Å². The highest BCUT2D eigenvalue weighted by Crippen LogP contribution is 2.29. The van der Waals surface area contributed by atoms with Crippen molar-refractivity contribution in [2.24, 2.45) is 0 Å². The van der Waals surface area contributed by atoms with E-state index in [4.69, 9.17) is 5.26 Å². The molecule has 0 saturated carbocycles. The molecule has 0 aliphatic carbocycles. The Balaban J connectivity index is 1.49. The maximum absolute atomic E-state index is 12.9. The van der Waals surface area contributed by atoms with Crippen LogP contribution in [-0.2, 0) is 21.2 Å². The third-order valence-electron chi connectivity index (χ3n) is 5.08. The molecule has 0 unspecified atom stereocenters. The topological polar surface area (TPSA) is 128 Å². The summed E-state index contributed by atoms with van der Waals surface area (Å²) in [6, 6.07) is 21.0. The van der Waals surface area contributed by atoms with Crippen LogP contribution in [0.2, 0.25) is 0 Å². The molecule has 4 aromatic rings. The number of anilines is 1. The van der Waals surface area contributed by atoms with Gasteiger partial charge in [-0.25, -0.2) is 18.1 Å². The van der Waals surface area contributed by atoms with E-state index in [1.165, 1.54) is 0 Å². The van der Waals surface area contributed by atoms with Gasteiger partial charge in [0.1, 0.15) is 5.82 Å². The minimum absolute atomic E-state index is 0.0396. The molecule has 1 amide bonds. The molecule has 3 N–H and O–H groups in total. The molecule has 35 heavy (non-hydrogen) atoms. The Labute approximate surface area is 204 Å². The molecule has 0 aliphatic heterocycles. The van der Waals surface area contributed by atoms with Crippen molar-refractivity contribution in [1.82, 2.24) is 14.7 Å². The molecule has 8 nitrogen and oxygen atoms in total. The molecule has 0 fully saturated rings. The number of fused-ring (bicyclic) bond motifs is 1. The molecule has 178 valence electrons. The van der Waals surface area contributed by atoms with E-state index in [1.807, 2.05) is 0 Å². The molecular formula is C26H25N5O3S. The van der Waals surface area contributed by atoms with Gasteiger partial charge in [0.05, 0.1) is 34.0 Å². The van der Waals surface area contributed by atoms with Gasteiger partial charge in [0.2, 0.25) is 15.9 Å². The highest BCUT2D eigenvalue weighted by Gasteiger charge is 2.24. The molecule has 0 saturated heterocycles. The van der Waals surface area contributed by atoms with Gasteiger partial charge in [-0.3, -0.25) is 4.79 Å². The summed E-state index contributed by atoms with van der Waals surface area (Å²) in [5, 5.41) is 11.9. The van der Waals surface area contributed by atoms with Crippen LogP contribution in [0.5, 0.6) is 0 Å². The number of H-pyrrole nitrogens is 1. The number of carbonyl (C=O) groups excluding carboxylic acids is 1. The zero-order valence-corrected chi connectivity index (χ0v) is 20.4. The lowest BCUT2D eigenvalue weighted by molar-refractivity contribution is -0.115. The number of rotatable bonds is 6. The number of hydrogen-bond acceptors (Lipinski definition) is 5. The van der Waals surface area contributed by atoms with E-state index in [1.54, 1.807) is 87.5 Å². The average molecular weight is 488 g/mol. The van der Waals surface area contributed by atoms with Crippen molar-refractivity contribution < 1.29 is 13.2 Å². The second-order valence-electron chi connectivity index (χ2n) is 9.18. The summed E-state index contributed by atoms with van der Waals surface area (Å²) in [6.07, 6.45) is 0.0396. The summed E-state index contributed by atoms with van der Waals surface area (Å²) >= 11 is 0. The quantitative estimate of drug-likeness (QED) is 0.372. The first-order chi connectivity index (χ1) is 16.5. The first-order valence-corrected chi connectivity index (χ1v) is 12.4. The fourth-order valence-corrected chi connectivity index (χ4v) is 5.35. The Morgan fingerprint density at radius 2 is 1.77 bits per heavy atom. The van der Waals surface area contributed by atoms with E-state index in [0.29, 0.717) is 39.2 Å². The van der Waals surface area contributed by atoms with Crippen LogP contribution in [0.3, 0.4) is 0 Å². The Kier molecular flexibility index (Phi) is 6.43. The van der Waals surface area contributed by atoms with Crippen LogP contribution >= 0.6 is 0 Å². The predicted molar refractivity (Wildman–Crippen MR) is 135 cm³/mol. The monoisotopic (exact) mass is 487 g/mol. The Bertz CT molecular complexity index is 1540. The van der Waals surface area contributed by atoms with Gasteiger partial charge in [0.25, 0.3) is 0 Å². The maximum Gasteiger partial charge on any atom is 0.241 e. The molecular weight excluding hydrogens is 462 g/mol. The number of nitrogens with one attached hydrogen (secondary N) is 3. The van der Waals surface area contributed by atoms with Gasteiger partial charge in [0.15, 0.2) is 0 Å². The summed E-state index contributed by atoms with van der Waals surface area (Å²) in [7, 11) is -3.72. The standard InChI is InChI=1S/C26H25N5O3S/c1-26(2,3)31-35(33,34)23-7-5-4-6-20(23)18-9-11-19(12-10-18)28-25(32)15-24-29-21-13-8-17(16-27)14-22(21)30-24/h4-14,31H,15H2,1-3H3,(H,28,32)(H,29,30). The highest BCUT2D eigenvalue weighted by atomic mass is 32.2. The lowest BCUT2D eigenvalue weighted by Crippen LogP contribution is -2.40. The van der Waals surface area contributed by atoms with Crippen LogP contribution in [0.1, 0.15) is 32.2 Å². The number of nitrogens with zero attached hydrogens (tertiary/aromatic N) is 2. The summed E-state index contributed by atoms with van der Waals surface area (Å²) in [5.74, 6) is 0.240. The van der Waals surface area contributed by atoms with Gasteiger partial charge in [-0.15, -0.1) is 0 Å². The van der Waals surface area contributed by atoms with Gasteiger partial charge in [-0.2, -0.15) is 5.26 Å². The lowest BCUT2D eigenvalue weighted by Gasteiger charge is -2.21. The second-order valence-corrected chi connectivity index (χ2v) is 10.8. The van der Waals surface area contributed by atoms with Crippen molar-refractivity contribution in [1.29, 1.82) is 5.26 Å². The highest BCUT2D eigenvalue weighted by molar-refractivity contribution is 7.89. The molecule has 4 rings (SSSR count). The predicted octanol–water partition coefficient (Wildman–Crippen LogP) is 4.36. The minimum Gasteiger partial charge on any atom is -0.342 e. The molecule has 1 heterocycles. The summed E-state index contributed by atoms with van der Waals surface area (Å²) in [6.45, 7) is 5.37. The van der Waals surface area contributed by atoms with Gasteiger partial charge in [0, 0.05) is 16.8 Å². The number of aromatic amines is 1. The summed E-state index contributed by atoms with van der Waals surface area (Å²) in [4.78, 5) is 20.2. The first kappa shape index (κ1) is 24.1. The Morgan fingerprint density at radius 3 is 2.46 bits per heavy atom. The first-order valence-electron chi connectivity index (χ1n) is 11.0. The van der Waals surface area contributed by atoms with Gasteiger partial charge >= 0.3 is 0 Å². The molecule has 0 radical (unpaired) electrons. The molecule has 0 atom stereocenters. The molecule has 0 aliphatic rings. The third kappa shape index (κ3) is 5.74. The zero-order chi connectivity index (χ0) is 25.2. The van der Waals surface area contributed by atoms with Crippen molar-refractivity contribution in [3.8, 4) is 17.2 Å². The second kappa shape index (κ2) is 9.33. The van der Waals surface area contributed by atoms with Crippen LogP contribution in [0, 0.1) is 11.3 Å². The molecule has 9 heteroatoms. The molecule has 3 aromatic carbocycles. The van der Waals surface area contributed by atoms with Crippen molar-refractivity contribution in [3.05, 3.63) is 78.1 Å². The van der Waals surface area contributed by atoms with Crippen molar-refractivity contribution in [2.75, 3.05) is 5.32 Å². The van der Waals surface area contributed by atoms with Gasteiger partial charge in [-0.1, -0.05) is 30.3 Å². The Morgan fingerprint density at radius 1 is 1.06 bits per heavy atom. The number of amides is 1. The number of nitriles is 1. The summed E-state index contributed by atoms with van der Waals surface area (Å²) < 4.78 is 28.6. The fraction of sp³-hybridized carbons (Fsp3) is 0.192. The largest absolute Gasteiger partial charge is 0.342 e.